The summed E-state index contributed by atoms with van der Waals surface area (Å²) >= 11 is 5.90. The second-order valence-electron chi connectivity index (χ2n) is 3.93. The van der Waals surface area contributed by atoms with Crippen molar-refractivity contribution in [1.82, 2.24) is 0 Å². The van der Waals surface area contributed by atoms with E-state index in [0.717, 1.165) is 31.3 Å². The second-order valence-corrected chi connectivity index (χ2v) is 4.34. The third-order valence-corrected chi connectivity index (χ3v) is 3.09. The number of benzene rings is 1. The normalized spacial score (nSPS) is 15.8. The Labute approximate surface area is 98.9 Å². The maximum absolute atomic E-state index is 13.0. The molecule has 0 spiro atoms. The van der Waals surface area contributed by atoms with Crippen LogP contribution in [0, 0.1) is 5.82 Å². The molecule has 0 bridgehead atoms. The van der Waals surface area contributed by atoms with Crippen LogP contribution in [0.2, 0.25) is 5.02 Å². The number of halogens is 2. The van der Waals surface area contributed by atoms with E-state index in [1.54, 1.807) is 0 Å². The average Bonchev–Trinajstić information content (AvgIpc) is 2.32. The summed E-state index contributed by atoms with van der Waals surface area (Å²) in [6, 6.07) is 3.89. The fourth-order valence-electron chi connectivity index (χ4n) is 1.89. The SMILES string of the molecule is O=C(C1=CCCCC1)c1cc(F)ccc1Cl. The first kappa shape index (κ1) is 11.3. The van der Waals surface area contributed by atoms with E-state index in [9.17, 15) is 9.18 Å². The van der Waals surface area contributed by atoms with Gasteiger partial charge in [0.25, 0.3) is 0 Å². The summed E-state index contributed by atoms with van der Waals surface area (Å²) in [5.41, 5.74) is 1.04. The molecule has 0 fully saturated rings. The predicted molar refractivity (Wildman–Crippen MR) is 62.3 cm³/mol. The van der Waals surface area contributed by atoms with Crippen molar-refractivity contribution >= 4 is 17.4 Å². The van der Waals surface area contributed by atoms with Gasteiger partial charge in [0.1, 0.15) is 5.82 Å². The molecule has 1 aliphatic carbocycles. The van der Waals surface area contributed by atoms with Gasteiger partial charge in [-0.15, -0.1) is 0 Å². The number of allylic oxidation sites excluding steroid dienone is 2. The summed E-state index contributed by atoms with van der Waals surface area (Å²) in [6.45, 7) is 0. The molecule has 1 aliphatic rings. The molecular weight excluding hydrogens is 227 g/mol. The molecule has 0 radical (unpaired) electrons. The minimum atomic E-state index is -0.427. The summed E-state index contributed by atoms with van der Waals surface area (Å²) in [4.78, 5) is 12.1. The minimum absolute atomic E-state index is 0.135. The number of carbonyl (C=O) groups is 1. The molecule has 0 saturated heterocycles. The van der Waals surface area contributed by atoms with Crippen molar-refractivity contribution < 1.29 is 9.18 Å². The van der Waals surface area contributed by atoms with Gasteiger partial charge in [0.15, 0.2) is 5.78 Å². The van der Waals surface area contributed by atoms with Crippen LogP contribution in [0.1, 0.15) is 36.0 Å². The fourth-order valence-corrected chi connectivity index (χ4v) is 2.09. The van der Waals surface area contributed by atoms with Crippen molar-refractivity contribution in [2.24, 2.45) is 0 Å². The Balaban J connectivity index is 2.33. The second kappa shape index (κ2) is 4.79. The van der Waals surface area contributed by atoms with Gasteiger partial charge in [0.2, 0.25) is 0 Å². The maximum atomic E-state index is 13.0. The quantitative estimate of drug-likeness (QED) is 0.707. The van der Waals surface area contributed by atoms with E-state index in [1.807, 2.05) is 6.08 Å². The standard InChI is InChI=1S/C13H12ClFO/c14-12-7-6-10(15)8-11(12)13(16)9-4-2-1-3-5-9/h4,6-8H,1-3,5H2. The van der Waals surface area contributed by atoms with E-state index in [-0.39, 0.29) is 11.3 Å². The highest BCUT2D eigenvalue weighted by Gasteiger charge is 2.17. The number of rotatable bonds is 2. The van der Waals surface area contributed by atoms with Crippen LogP contribution in [0.3, 0.4) is 0 Å². The lowest BCUT2D eigenvalue weighted by molar-refractivity contribution is 0.102. The Morgan fingerprint density at radius 2 is 2.12 bits per heavy atom. The van der Waals surface area contributed by atoms with E-state index in [0.29, 0.717) is 5.02 Å². The Kier molecular flexibility index (Phi) is 3.39. The Bertz CT molecular complexity index is 451. The van der Waals surface area contributed by atoms with Crippen molar-refractivity contribution in [2.45, 2.75) is 25.7 Å². The number of Topliss-reactive ketones (excluding diaryl/α,β-unsaturated/α-hetero) is 1. The summed E-state index contributed by atoms with van der Waals surface area (Å²) in [5, 5.41) is 0.317. The molecule has 3 heteroatoms. The molecule has 1 nitrogen and oxygen atoms in total. The first-order chi connectivity index (χ1) is 7.68. The molecule has 84 valence electrons. The van der Waals surface area contributed by atoms with Crippen molar-refractivity contribution in [2.75, 3.05) is 0 Å². The third-order valence-electron chi connectivity index (χ3n) is 2.76. The predicted octanol–water partition coefficient (Wildman–Crippen LogP) is 4.16. The minimum Gasteiger partial charge on any atom is -0.289 e. The lowest BCUT2D eigenvalue weighted by Crippen LogP contribution is -2.07. The monoisotopic (exact) mass is 238 g/mol. The topological polar surface area (TPSA) is 17.1 Å². The molecule has 0 unspecified atom stereocenters. The van der Waals surface area contributed by atoms with Gasteiger partial charge in [-0.3, -0.25) is 4.79 Å². The molecule has 0 heterocycles. The largest absolute Gasteiger partial charge is 0.289 e. The zero-order chi connectivity index (χ0) is 11.5. The molecule has 0 aliphatic heterocycles. The van der Waals surface area contributed by atoms with Crippen LogP contribution in [0.5, 0.6) is 0 Å². The first-order valence-corrected chi connectivity index (χ1v) is 5.75. The number of hydrogen-bond acceptors (Lipinski definition) is 1. The number of carbonyl (C=O) groups excluding carboxylic acids is 1. The van der Waals surface area contributed by atoms with E-state index in [4.69, 9.17) is 11.6 Å². The summed E-state index contributed by atoms with van der Waals surface area (Å²) < 4.78 is 13.0. The van der Waals surface area contributed by atoms with Gasteiger partial charge in [-0.1, -0.05) is 17.7 Å². The first-order valence-electron chi connectivity index (χ1n) is 5.37. The molecule has 0 amide bonds. The van der Waals surface area contributed by atoms with Gasteiger partial charge in [-0.2, -0.15) is 0 Å². The van der Waals surface area contributed by atoms with Gasteiger partial charge in [0.05, 0.1) is 5.02 Å². The Hall–Kier alpha value is -1.15. The third kappa shape index (κ3) is 2.33. The zero-order valence-electron chi connectivity index (χ0n) is 8.80. The highest BCUT2D eigenvalue weighted by Crippen LogP contribution is 2.25. The zero-order valence-corrected chi connectivity index (χ0v) is 9.56. The highest BCUT2D eigenvalue weighted by atomic mass is 35.5. The lowest BCUT2D eigenvalue weighted by atomic mass is 9.93. The van der Waals surface area contributed by atoms with Gasteiger partial charge < -0.3 is 0 Å². The van der Waals surface area contributed by atoms with Crippen LogP contribution in [-0.4, -0.2) is 5.78 Å². The molecular formula is C13H12ClFO. The number of hydrogen-bond donors (Lipinski definition) is 0. The van der Waals surface area contributed by atoms with Gasteiger partial charge >= 0.3 is 0 Å². The Morgan fingerprint density at radius 3 is 2.81 bits per heavy atom. The lowest BCUT2D eigenvalue weighted by Gasteiger charge is -2.12. The van der Waals surface area contributed by atoms with Gasteiger partial charge in [-0.25, -0.2) is 4.39 Å². The molecule has 2 rings (SSSR count). The van der Waals surface area contributed by atoms with Crippen molar-refractivity contribution in [3.63, 3.8) is 0 Å². The average molecular weight is 239 g/mol. The van der Waals surface area contributed by atoms with Crippen LogP contribution in [0.15, 0.2) is 29.8 Å². The summed E-state index contributed by atoms with van der Waals surface area (Å²) in [6.07, 6.45) is 5.77. The van der Waals surface area contributed by atoms with Crippen molar-refractivity contribution in [3.8, 4) is 0 Å². The molecule has 1 aromatic rings. The van der Waals surface area contributed by atoms with E-state index >= 15 is 0 Å². The molecule has 0 N–H and O–H groups in total. The van der Waals surface area contributed by atoms with Crippen molar-refractivity contribution in [1.29, 1.82) is 0 Å². The number of ketones is 1. The van der Waals surface area contributed by atoms with Crippen molar-refractivity contribution in [3.05, 3.63) is 46.3 Å². The maximum Gasteiger partial charge on any atom is 0.190 e. The molecule has 0 aromatic heterocycles. The van der Waals surface area contributed by atoms with Gasteiger partial charge in [-0.05, 0) is 49.5 Å². The van der Waals surface area contributed by atoms with Gasteiger partial charge in [0, 0.05) is 5.56 Å². The highest BCUT2D eigenvalue weighted by molar-refractivity contribution is 6.34. The summed E-state index contributed by atoms with van der Waals surface area (Å²) in [7, 11) is 0. The van der Waals surface area contributed by atoms with Crippen LogP contribution in [-0.2, 0) is 0 Å². The van der Waals surface area contributed by atoms with Crippen LogP contribution >= 0.6 is 11.6 Å². The summed E-state index contributed by atoms with van der Waals surface area (Å²) in [5.74, 6) is -0.562. The molecule has 1 aromatic carbocycles. The van der Waals surface area contributed by atoms with Crippen LogP contribution < -0.4 is 0 Å². The Morgan fingerprint density at radius 1 is 1.31 bits per heavy atom. The van der Waals surface area contributed by atoms with Crippen LogP contribution in [0.4, 0.5) is 4.39 Å². The van der Waals surface area contributed by atoms with E-state index in [2.05, 4.69) is 0 Å². The van der Waals surface area contributed by atoms with Crippen LogP contribution in [0.25, 0.3) is 0 Å². The van der Waals surface area contributed by atoms with E-state index in [1.165, 1.54) is 18.2 Å². The fraction of sp³-hybridized carbons (Fsp3) is 0.308. The smallest absolute Gasteiger partial charge is 0.190 e. The molecule has 0 saturated carbocycles. The van der Waals surface area contributed by atoms with E-state index < -0.39 is 5.82 Å². The molecule has 16 heavy (non-hydrogen) atoms. The molecule has 0 atom stereocenters.